The van der Waals surface area contributed by atoms with Crippen molar-refractivity contribution < 1.29 is 50.1 Å². The molecule has 1 aliphatic carbocycles. The van der Waals surface area contributed by atoms with Crippen LogP contribution in [0.1, 0.15) is 13.3 Å². The third kappa shape index (κ3) is 6.35. The molecule has 0 amide bonds. The maximum Gasteiger partial charge on any atom is 0.573 e. The van der Waals surface area contributed by atoms with E-state index in [-0.39, 0.29) is 13.2 Å². The minimum atomic E-state index is -4.86. The second-order valence-corrected chi connectivity index (χ2v) is 8.94. The molecule has 38 heavy (non-hydrogen) atoms. The molecule has 0 saturated carbocycles. The van der Waals surface area contributed by atoms with E-state index in [2.05, 4.69) is 9.47 Å². The van der Waals surface area contributed by atoms with Crippen molar-refractivity contribution in [2.24, 2.45) is 5.92 Å². The Kier molecular flexibility index (Phi) is 7.82. The number of anilines is 1. The zero-order valence-corrected chi connectivity index (χ0v) is 20.0. The maximum absolute atomic E-state index is 13.5. The van der Waals surface area contributed by atoms with Gasteiger partial charge in [0.25, 0.3) is 0 Å². The number of benzene rings is 2. The average Bonchev–Trinajstić information content (AvgIpc) is 2.82. The summed E-state index contributed by atoms with van der Waals surface area (Å²) in [5, 5.41) is 10.2. The summed E-state index contributed by atoms with van der Waals surface area (Å²) in [6.45, 7) is 1.69. The molecule has 2 aromatic carbocycles. The zero-order chi connectivity index (χ0) is 27.7. The Labute approximate surface area is 213 Å². The van der Waals surface area contributed by atoms with Crippen molar-refractivity contribution in [2.45, 2.75) is 44.4 Å². The SMILES string of the molecule is C[C@H](O)CN1c2cccc(-c3cccc(OC(F)(F)F)c3)c2OCC1[C@@H]1C=C(OC(F)(F)C(F)F)C=CC1. The van der Waals surface area contributed by atoms with Gasteiger partial charge in [0.1, 0.15) is 18.1 Å². The number of hydrogen-bond acceptors (Lipinski definition) is 5. The van der Waals surface area contributed by atoms with E-state index in [1.54, 1.807) is 31.2 Å². The number of alkyl halides is 7. The van der Waals surface area contributed by atoms with Crippen LogP contribution in [0.3, 0.4) is 0 Å². The third-order valence-corrected chi connectivity index (χ3v) is 6.01. The van der Waals surface area contributed by atoms with E-state index in [1.807, 2.05) is 4.90 Å². The van der Waals surface area contributed by atoms with E-state index in [9.17, 15) is 35.8 Å². The summed E-state index contributed by atoms with van der Waals surface area (Å²) < 4.78 is 105. The number of halogens is 7. The lowest BCUT2D eigenvalue weighted by Gasteiger charge is -2.43. The number of aliphatic hydroxyl groups excluding tert-OH is 1. The Balaban J connectivity index is 1.67. The van der Waals surface area contributed by atoms with Crippen molar-refractivity contribution in [2.75, 3.05) is 18.1 Å². The van der Waals surface area contributed by atoms with Gasteiger partial charge in [0, 0.05) is 18.0 Å². The fourth-order valence-electron chi connectivity index (χ4n) is 4.52. The highest BCUT2D eigenvalue weighted by atomic mass is 19.4. The number of allylic oxidation sites excluding steroid dienone is 2. The Morgan fingerprint density at radius 2 is 1.82 bits per heavy atom. The summed E-state index contributed by atoms with van der Waals surface area (Å²) in [6.07, 6.45) is -9.94. The van der Waals surface area contributed by atoms with Crippen LogP contribution in [-0.4, -0.2) is 49.3 Å². The van der Waals surface area contributed by atoms with Gasteiger partial charge < -0.3 is 24.2 Å². The minimum Gasteiger partial charge on any atom is -0.489 e. The van der Waals surface area contributed by atoms with E-state index in [4.69, 9.17) is 4.74 Å². The first kappa shape index (κ1) is 27.6. The normalized spacial score (nSPS) is 20.5. The number of β-amino-alcohol motifs (C(OH)–C–C–N with tert-alkyl or cyclic N) is 1. The number of ether oxygens (including phenoxy) is 3. The number of nitrogens with zero attached hydrogens (tertiary/aromatic N) is 1. The van der Waals surface area contributed by atoms with Gasteiger partial charge >= 0.3 is 18.9 Å². The molecule has 1 aliphatic heterocycles. The highest BCUT2D eigenvalue weighted by molar-refractivity contribution is 5.80. The fourth-order valence-corrected chi connectivity index (χ4v) is 4.52. The molecule has 2 aromatic rings. The van der Waals surface area contributed by atoms with E-state index in [0.29, 0.717) is 29.0 Å². The first-order chi connectivity index (χ1) is 17.8. The lowest BCUT2D eigenvalue weighted by atomic mass is 9.89. The van der Waals surface area contributed by atoms with Crippen molar-refractivity contribution in [3.8, 4) is 22.6 Å². The lowest BCUT2D eigenvalue weighted by molar-refractivity contribution is -0.280. The van der Waals surface area contributed by atoms with Gasteiger partial charge in [-0.05, 0) is 49.3 Å². The number of rotatable bonds is 8. The summed E-state index contributed by atoms with van der Waals surface area (Å²) in [6, 6.07) is 9.92. The topological polar surface area (TPSA) is 51.2 Å². The molecule has 4 rings (SSSR count). The molecule has 1 heterocycles. The quantitative estimate of drug-likeness (QED) is 0.381. The van der Waals surface area contributed by atoms with Crippen LogP contribution in [0.4, 0.5) is 36.4 Å². The molecular weight excluding hydrogens is 523 g/mol. The van der Waals surface area contributed by atoms with Gasteiger partial charge in [-0.3, -0.25) is 0 Å². The minimum absolute atomic E-state index is 0.0169. The Morgan fingerprint density at radius 1 is 1.08 bits per heavy atom. The van der Waals surface area contributed by atoms with Crippen LogP contribution in [0.2, 0.25) is 0 Å². The summed E-state index contributed by atoms with van der Waals surface area (Å²) in [4.78, 5) is 1.81. The number of fused-ring (bicyclic) bond motifs is 1. The first-order valence-corrected chi connectivity index (χ1v) is 11.6. The van der Waals surface area contributed by atoms with Gasteiger partial charge in [0.15, 0.2) is 5.75 Å². The van der Waals surface area contributed by atoms with Crippen molar-refractivity contribution >= 4 is 5.69 Å². The van der Waals surface area contributed by atoms with Crippen LogP contribution in [-0.2, 0) is 4.74 Å². The van der Waals surface area contributed by atoms with E-state index in [0.717, 1.165) is 0 Å². The largest absolute Gasteiger partial charge is 0.573 e. The molecule has 1 unspecified atom stereocenters. The Bertz CT molecular complexity index is 1200. The molecule has 12 heteroatoms. The summed E-state index contributed by atoms with van der Waals surface area (Å²) in [5.41, 5.74) is 1.39. The van der Waals surface area contributed by atoms with Crippen molar-refractivity contribution in [3.63, 3.8) is 0 Å². The van der Waals surface area contributed by atoms with Gasteiger partial charge in [-0.1, -0.05) is 30.3 Å². The number of aliphatic hydroxyl groups is 1. The second-order valence-electron chi connectivity index (χ2n) is 8.94. The van der Waals surface area contributed by atoms with Crippen molar-refractivity contribution in [3.05, 3.63) is 66.5 Å². The molecule has 1 N–H and O–H groups in total. The lowest BCUT2D eigenvalue weighted by Crippen LogP contribution is -2.50. The van der Waals surface area contributed by atoms with Crippen LogP contribution >= 0.6 is 0 Å². The molecule has 0 spiro atoms. The highest BCUT2D eigenvalue weighted by Gasteiger charge is 2.45. The van der Waals surface area contributed by atoms with E-state index in [1.165, 1.54) is 36.4 Å². The molecule has 0 radical (unpaired) electrons. The molecule has 0 aromatic heterocycles. The highest BCUT2D eigenvalue weighted by Crippen LogP contribution is 2.45. The Morgan fingerprint density at radius 3 is 2.50 bits per heavy atom. The predicted molar refractivity (Wildman–Crippen MR) is 124 cm³/mol. The summed E-state index contributed by atoms with van der Waals surface area (Å²) >= 11 is 0. The third-order valence-electron chi connectivity index (χ3n) is 6.01. The van der Waals surface area contributed by atoms with Crippen molar-refractivity contribution in [1.82, 2.24) is 0 Å². The van der Waals surface area contributed by atoms with Gasteiger partial charge in [-0.15, -0.1) is 13.2 Å². The van der Waals surface area contributed by atoms with Crippen LogP contribution in [0.15, 0.2) is 66.5 Å². The molecular formula is C26H24F7NO4. The molecule has 5 nitrogen and oxygen atoms in total. The summed E-state index contributed by atoms with van der Waals surface area (Å²) in [5.74, 6) is -0.967. The van der Waals surface area contributed by atoms with Gasteiger partial charge in [0.05, 0.1) is 17.8 Å². The molecule has 0 fully saturated rings. The predicted octanol–water partition coefficient (Wildman–Crippen LogP) is 6.53. The first-order valence-electron chi connectivity index (χ1n) is 11.6. The molecule has 0 saturated heterocycles. The van der Waals surface area contributed by atoms with E-state index < -0.39 is 48.5 Å². The fraction of sp³-hybridized carbons (Fsp3) is 0.385. The summed E-state index contributed by atoms with van der Waals surface area (Å²) in [7, 11) is 0. The monoisotopic (exact) mass is 547 g/mol. The van der Waals surface area contributed by atoms with Crippen LogP contribution in [0.5, 0.6) is 11.5 Å². The van der Waals surface area contributed by atoms with Crippen LogP contribution < -0.4 is 14.4 Å². The number of para-hydroxylation sites is 1. The molecule has 0 bridgehead atoms. The average molecular weight is 547 g/mol. The van der Waals surface area contributed by atoms with Gasteiger partial charge in [-0.25, -0.2) is 0 Å². The molecule has 206 valence electrons. The molecule has 3 atom stereocenters. The van der Waals surface area contributed by atoms with Crippen LogP contribution in [0, 0.1) is 5.92 Å². The maximum atomic E-state index is 13.5. The Hall–Kier alpha value is -3.41. The van der Waals surface area contributed by atoms with Crippen LogP contribution in [0.25, 0.3) is 11.1 Å². The zero-order valence-electron chi connectivity index (χ0n) is 20.0. The van der Waals surface area contributed by atoms with Gasteiger partial charge in [0.2, 0.25) is 0 Å². The molecule has 2 aliphatic rings. The van der Waals surface area contributed by atoms with Crippen molar-refractivity contribution in [1.29, 1.82) is 0 Å². The van der Waals surface area contributed by atoms with E-state index >= 15 is 0 Å². The van der Waals surface area contributed by atoms with Gasteiger partial charge in [-0.2, -0.15) is 17.6 Å². The standard InChI is InChI=1S/C26H24F7NO4/c1-15(35)13-34-21-10-4-9-20(16-5-2-8-19(11-16)38-26(31,32)33)23(21)36-14-22(34)17-6-3-7-18(12-17)37-25(29,30)24(27)28/h2-5,7-12,15,17,22,24,35H,6,13-14H2,1H3/t15-,17-,22?/m0/s1. The number of hydrogen-bond donors (Lipinski definition) is 1. The second kappa shape index (κ2) is 10.8. The smallest absolute Gasteiger partial charge is 0.489 e.